The number of anilines is 1. The van der Waals surface area contributed by atoms with Crippen molar-refractivity contribution in [2.24, 2.45) is 0 Å². The van der Waals surface area contributed by atoms with Crippen molar-refractivity contribution < 1.29 is 4.92 Å². The second kappa shape index (κ2) is 5.28. The summed E-state index contributed by atoms with van der Waals surface area (Å²) in [6, 6.07) is 5.22. The third kappa shape index (κ3) is 2.34. The van der Waals surface area contributed by atoms with Crippen LogP contribution in [-0.2, 0) is 0 Å². The summed E-state index contributed by atoms with van der Waals surface area (Å²) in [5.74, 6) is 0.453. The Labute approximate surface area is 116 Å². The Hall–Kier alpha value is -2.44. The molecule has 7 nitrogen and oxygen atoms in total. The molecular formula is C13H15N5O2. The smallest absolute Gasteiger partial charge is 0.311 e. The normalized spacial score (nSPS) is 19.0. The first-order valence-electron chi connectivity index (χ1n) is 6.59. The number of hydrogen-bond donors (Lipinski definition) is 0. The zero-order valence-corrected chi connectivity index (χ0v) is 10.9. The molecule has 1 unspecified atom stereocenters. The largest absolute Gasteiger partial charge is 0.349 e. The first-order chi connectivity index (χ1) is 9.75. The van der Waals surface area contributed by atoms with Gasteiger partial charge in [-0.3, -0.25) is 14.8 Å². The van der Waals surface area contributed by atoms with Gasteiger partial charge in [-0.2, -0.15) is 5.10 Å². The molecule has 0 bridgehead atoms. The average Bonchev–Trinajstić information content (AvgIpc) is 3.01. The first-order valence-corrected chi connectivity index (χ1v) is 6.59. The van der Waals surface area contributed by atoms with Crippen molar-refractivity contribution in [1.29, 1.82) is 0 Å². The van der Waals surface area contributed by atoms with Gasteiger partial charge < -0.3 is 4.90 Å². The summed E-state index contributed by atoms with van der Waals surface area (Å²) in [6.07, 6.45) is 7.28. The lowest BCUT2D eigenvalue weighted by Gasteiger charge is -2.33. The SMILES string of the molecule is O=[N+]([O-])c1cccnc1N1CCCC(n2cccn2)C1. The van der Waals surface area contributed by atoms with E-state index in [2.05, 4.69) is 10.1 Å². The van der Waals surface area contributed by atoms with Gasteiger partial charge in [0.05, 0.1) is 11.0 Å². The summed E-state index contributed by atoms with van der Waals surface area (Å²) in [7, 11) is 0. The third-order valence-corrected chi connectivity index (χ3v) is 3.56. The van der Waals surface area contributed by atoms with Crippen LogP contribution in [0.1, 0.15) is 18.9 Å². The third-order valence-electron chi connectivity index (χ3n) is 3.56. The molecule has 0 radical (unpaired) electrons. The average molecular weight is 273 g/mol. The minimum atomic E-state index is -0.375. The predicted molar refractivity (Wildman–Crippen MR) is 73.6 cm³/mol. The molecule has 0 amide bonds. The number of pyridine rings is 1. The van der Waals surface area contributed by atoms with Crippen LogP contribution in [0.3, 0.4) is 0 Å². The maximum absolute atomic E-state index is 11.1. The molecule has 1 atom stereocenters. The minimum absolute atomic E-state index is 0.0635. The van der Waals surface area contributed by atoms with E-state index < -0.39 is 0 Å². The lowest BCUT2D eigenvalue weighted by molar-refractivity contribution is -0.384. The monoisotopic (exact) mass is 273 g/mol. The Kier molecular flexibility index (Phi) is 3.32. The number of piperidine rings is 1. The molecule has 20 heavy (non-hydrogen) atoms. The van der Waals surface area contributed by atoms with Gasteiger partial charge in [-0.15, -0.1) is 0 Å². The molecule has 1 saturated heterocycles. The zero-order valence-electron chi connectivity index (χ0n) is 10.9. The van der Waals surface area contributed by atoms with Crippen LogP contribution in [0, 0.1) is 10.1 Å². The molecule has 3 rings (SSSR count). The molecule has 3 heterocycles. The maximum atomic E-state index is 11.1. The number of aromatic nitrogens is 3. The Morgan fingerprint density at radius 3 is 3.00 bits per heavy atom. The van der Waals surface area contributed by atoms with Crippen molar-refractivity contribution in [2.45, 2.75) is 18.9 Å². The summed E-state index contributed by atoms with van der Waals surface area (Å²) in [6.45, 7) is 1.48. The van der Waals surface area contributed by atoms with E-state index in [0.29, 0.717) is 12.4 Å². The van der Waals surface area contributed by atoms with Crippen molar-refractivity contribution in [1.82, 2.24) is 14.8 Å². The molecular weight excluding hydrogens is 258 g/mol. The van der Waals surface area contributed by atoms with Crippen molar-refractivity contribution >= 4 is 11.5 Å². The first kappa shape index (κ1) is 12.6. The van der Waals surface area contributed by atoms with E-state index in [1.807, 2.05) is 21.8 Å². The minimum Gasteiger partial charge on any atom is -0.349 e. The molecule has 0 aliphatic carbocycles. The van der Waals surface area contributed by atoms with E-state index in [1.54, 1.807) is 18.5 Å². The number of rotatable bonds is 3. The molecule has 0 spiro atoms. The highest BCUT2D eigenvalue weighted by Crippen LogP contribution is 2.30. The van der Waals surface area contributed by atoms with Crippen LogP contribution in [0.15, 0.2) is 36.8 Å². The fraction of sp³-hybridized carbons (Fsp3) is 0.385. The van der Waals surface area contributed by atoms with Gasteiger partial charge in [-0.05, 0) is 25.0 Å². The second-order valence-corrected chi connectivity index (χ2v) is 4.83. The van der Waals surface area contributed by atoms with Crippen LogP contribution in [0.5, 0.6) is 0 Å². The lowest BCUT2D eigenvalue weighted by atomic mass is 10.1. The van der Waals surface area contributed by atoms with Gasteiger partial charge in [-0.25, -0.2) is 4.98 Å². The molecule has 104 valence electrons. The Morgan fingerprint density at radius 1 is 1.35 bits per heavy atom. The Morgan fingerprint density at radius 2 is 2.25 bits per heavy atom. The summed E-state index contributed by atoms with van der Waals surface area (Å²) in [5.41, 5.74) is 0.0635. The molecule has 2 aromatic heterocycles. The highest BCUT2D eigenvalue weighted by Gasteiger charge is 2.27. The van der Waals surface area contributed by atoms with E-state index in [9.17, 15) is 10.1 Å². The number of nitrogens with zero attached hydrogens (tertiary/aromatic N) is 5. The predicted octanol–water partition coefficient (Wildman–Crippen LogP) is 2.03. The fourth-order valence-electron chi connectivity index (χ4n) is 2.63. The van der Waals surface area contributed by atoms with Crippen LogP contribution < -0.4 is 4.90 Å². The molecule has 1 aliphatic rings. The molecule has 2 aromatic rings. The van der Waals surface area contributed by atoms with E-state index in [4.69, 9.17) is 0 Å². The van der Waals surface area contributed by atoms with E-state index in [-0.39, 0.29) is 16.7 Å². The van der Waals surface area contributed by atoms with E-state index in [1.165, 1.54) is 6.07 Å². The van der Waals surface area contributed by atoms with E-state index >= 15 is 0 Å². The van der Waals surface area contributed by atoms with Crippen molar-refractivity contribution in [3.63, 3.8) is 0 Å². The molecule has 0 aromatic carbocycles. The molecule has 1 aliphatic heterocycles. The van der Waals surface area contributed by atoms with Gasteiger partial charge in [0, 0.05) is 37.7 Å². The van der Waals surface area contributed by atoms with Crippen LogP contribution in [-0.4, -0.2) is 32.8 Å². The Bertz CT molecular complexity index is 599. The highest BCUT2D eigenvalue weighted by atomic mass is 16.6. The van der Waals surface area contributed by atoms with Crippen LogP contribution in [0.4, 0.5) is 11.5 Å². The summed E-state index contributed by atoms with van der Waals surface area (Å²) >= 11 is 0. The van der Waals surface area contributed by atoms with Crippen LogP contribution in [0.25, 0.3) is 0 Å². The van der Waals surface area contributed by atoms with Gasteiger partial charge in [0.25, 0.3) is 0 Å². The van der Waals surface area contributed by atoms with Gasteiger partial charge >= 0.3 is 5.69 Å². The standard InChI is InChI=1S/C13H15N5O2/c19-18(20)12-5-1-6-14-13(12)16-8-2-4-11(10-16)17-9-3-7-15-17/h1,3,5-7,9,11H,2,4,8,10H2. The quantitative estimate of drug-likeness (QED) is 0.631. The number of nitro groups is 1. The lowest BCUT2D eigenvalue weighted by Crippen LogP contribution is -2.37. The second-order valence-electron chi connectivity index (χ2n) is 4.83. The maximum Gasteiger partial charge on any atom is 0.311 e. The van der Waals surface area contributed by atoms with Crippen LogP contribution in [0.2, 0.25) is 0 Å². The molecule has 7 heteroatoms. The van der Waals surface area contributed by atoms with Crippen LogP contribution >= 0.6 is 0 Å². The van der Waals surface area contributed by atoms with Gasteiger partial charge in [0.2, 0.25) is 5.82 Å². The van der Waals surface area contributed by atoms with Crippen molar-refractivity contribution in [3.05, 3.63) is 46.9 Å². The highest BCUT2D eigenvalue weighted by molar-refractivity contribution is 5.57. The Balaban J connectivity index is 1.86. The summed E-state index contributed by atoms with van der Waals surface area (Å²) < 4.78 is 1.92. The van der Waals surface area contributed by atoms with Gasteiger partial charge in [0.1, 0.15) is 0 Å². The zero-order chi connectivity index (χ0) is 13.9. The topological polar surface area (TPSA) is 77.1 Å². The van der Waals surface area contributed by atoms with E-state index in [0.717, 1.165) is 19.4 Å². The van der Waals surface area contributed by atoms with Gasteiger partial charge in [0.15, 0.2) is 0 Å². The van der Waals surface area contributed by atoms with Crippen molar-refractivity contribution in [2.75, 3.05) is 18.0 Å². The van der Waals surface area contributed by atoms with Crippen molar-refractivity contribution in [3.8, 4) is 0 Å². The summed E-state index contributed by atoms with van der Waals surface area (Å²) in [5, 5.41) is 15.4. The summed E-state index contributed by atoms with van der Waals surface area (Å²) in [4.78, 5) is 16.9. The molecule has 0 N–H and O–H groups in total. The fourth-order valence-corrected chi connectivity index (χ4v) is 2.63. The molecule has 0 saturated carbocycles. The molecule has 1 fully saturated rings. The number of hydrogen-bond acceptors (Lipinski definition) is 5. The van der Waals surface area contributed by atoms with Gasteiger partial charge in [-0.1, -0.05) is 0 Å².